The van der Waals surface area contributed by atoms with Crippen molar-refractivity contribution in [1.82, 2.24) is 50.6 Å². The van der Waals surface area contributed by atoms with Crippen LogP contribution in [0.1, 0.15) is 121 Å². The summed E-state index contributed by atoms with van der Waals surface area (Å²) in [6.45, 7) is 11.9. The third kappa shape index (κ3) is 24.6. The number of alkyl carbamates (subject to hydrolysis) is 2. The van der Waals surface area contributed by atoms with E-state index < -0.39 is 65.8 Å². The molecule has 0 radical (unpaired) electrons. The molecule has 0 saturated carbocycles. The second kappa shape index (κ2) is 40.0. The smallest absolute Gasteiger partial charge is 0.408 e. The number of esters is 3. The normalized spacial score (nSPS) is 19.0. The zero-order valence-electron chi connectivity index (χ0n) is 64.3. The van der Waals surface area contributed by atoms with Gasteiger partial charge in [-0.3, -0.25) is 28.9 Å². The number of nitrogens with zero attached hydrogens (tertiary/aromatic N) is 7. The Morgan fingerprint density at radius 1 is 0.469 bits per heavy atom. The molecule has 8 heterocycles. The number of carboxylic acids is 2. The average Bonchev–Trinajstić information content (AvgIpc) is 1.65. The van der Waals surface area contributed by atoms with Crippen molar-refractivity contribution in [3.8, 4) is 45.0 Å². The van der Waals surface area contributed by atoms with Crippen LogP contribution >= 0.6 is 0 Å². The average molecular weight is 1560 g/mol. The molecule has 5 aromatic carbocycles. The maximum Gasteiger partial charge on any atom is 0.408 e. The minimum atomic E-state index is -1.10. The summed E-state index contributed by atoms with van der Waals surface area (Å²) in [7, 11) is 4.11. The summed E-state index contributed by atoms with van der Waals surface area (Å²) in [5.74, 6) is -2.00. The third-order valence-electron chi connectivity index (χ3n) is 18.2. The fraction of sp³-hybridized carbons (Fsp3) is 0.378. The Labute approximate surface area is 654 Å². The van der Waals surface area contributed by atoms with Crippen LogP contribution < -0.4 is 21.7 Å². The van der Waals surface area contributed by atoms with E-state index in [1.807, 2.05) is 140 Å². The zero-order valence-corrected chi connectivity index (χ0v) is 64.3. The quantitative estimate of drug-likeness (QED) is 0.0323. The first kappa shape index (κ1) is 84.7. The van der Waals surface area contributed by atoms with E-state index in [2.05, 4.69) is 52.9 Å². The van der Waals surface area contributed by atoms with Crippen LogP contribution in [0, 0.1) is 0 Å². The maximum atomic E-state index is 12.7. The summed E-state index contributed by atoms with van der Waals surface area (Å²) in [5.41, 5.74) is 12.2. The summed E-state index contributed by atoms with van der Waals surface area (Å²) in [6, 6.07) is 46.9. The van der Waals surface area contributed by atoms with Gasteiger partial charge in [0.15, 0.2) is 23.6 Å². The molecule has 0 aliphatic carbocycles. The lowest BCUT2D eigenvalue weighted by Gasteiger charge is -2.23. The number of carboxylic acid groups (broad SMARTS) is 2. The number of likely N-dealkylation sites (tertiary alicyclic amines) is 3. The summed E-state index contributed by atoms with van der Waals surface area (Å²) in [6.07, 6.45) is 6.94. The molecule has 4 aliphatic rings. The number of benzene rings is 5. The number of methoxy groups -OCH3 is 3. The fourth-order valence-corrected chi connectivity index (χ4v) is 12.9. The lowest BCUT2D eigenvalue weighted by atomic mass is 10.1. The largest absolute Gasteiger partial charge is 0.480 e. The lowest BCUT2D eigenvalue weighted by Crippen LogP contribution is -2.46. The van der Waals surface area contributed by atoms with Gasteiger partial charge in [0.25, 0.3) is 0 Å². The fourth-order valence-electron chi connectivity index (χ4n) is 12.9. The van der Waals surface area contributed by atoms with E-state index in [1.165, 1.54) is 36.7 Å². The van der Waals surface area contributed by atoms with Gasteiger partial charge in [-0.25, -0.2) is 39.1 Å². The molecule has 4 amide bonds. The number of rotatable bonds is 19. The highest BCUT2D eigenvalue weighted by molar-refractivity contribution is 5.88. The van der Waals surface area contributed by atoms with Crippen LogP contribution in [0.5, 0.6) is 0 Å². The molecule has 4 aliphatic heterocycles. The van der Waals surface area contributed by atoms with Crippen molar-refractivity contribution in [2.24, 2.45) is 5.73 Å². The number of hydrogen-bond acceptors (Lipinski definition) is 25. The summed E-state index contributed by atoms with van der Waals surface area (Å²) in [5, 5.41) is 25.1. The first-order valence-corrected chi connectivity index (χ1v) is 36.6. The summed E-state index contributed by atoms with van der Waals surface area (Å²) in [4.78, 5) is 128. The Morgan fingerprint density at radius 3 is 1.20 bits per heavy atom. The lowest BCUT2D eigenvalue weighted by molar-refractivity contribution is -0.150. The predicted octanol–water partition coefficient (Wildman–Crippen LogP) is 10.5. The molecule has 4 fully saturated rings. The monoisotopic (exact) mass is 1560 g/mol. The highest BCUT2D eigenvalue weighted by Gasteiger charge is 2.45. The van der Waals surface area contributed by atoms with Crippen LogP contribution in [-0.4, -0.2) is 201 Å². The highest BCUT2D eigenvalue weighted by atomic mass is 16.6. The van der Waals surface area contributed by atoms with Gasteiger partial charge in [0, 0.05) is 56.4 Å². The molecule has 8 atom stereocenters. The minimum absolute atomic E-state index is 0. The second-order valence-corrected chi connectivity index (χ2v) is 28.7. The van der Waals surface area contributed by atoms with Crippen molar-refractivity contribution in [3.63, 3.8) is 0 Å². The van der Waals surface area contributed by atoms with Crippen molar-refractivity contribution in [2.75, 3.05) is 67.1 Å². The standard InChI is InChI=1S/C22H27N3O6.C22H22N2O3.C16H17N3O4.C15H16N2O3.C7H13NO4.H2/c1-22(2,3)31-21(28)23-11-18(26)25-12-15(10-17(25)20(27)29-4)19-24-16(13-30-19)14-8-6-5-7-9-14;1-26-22(25)20-12-18(14-24(20)13-16-8-4-2-5-9-16)21-23-19(15-27-21)17-10-6-3-7-11-17;17-7-14(20)19-8-11(6-13(19)16(21)22)15-18-12(9-23-15)10-4-2-1-3-5-10;1-19-15(18)12-7-11(8-16-12)14-17-13(9-20-14)10-5-3-2-4-6-10;1-7(2,3)12-6(11)8-4-5(9)10;/h5-9,13,15,17H,10-12H2,1-4H3,(H,23,28);2-11,15,18,20H,12-14H2,1H3;1-5,9,11,13H,6-8,17H2,(H,21,22);2-6,9,11-12,16H,7-8H2,1H3;4H2,1-3H3,(H,8,11)(H,9,10);1H/t15-,17+;18-,20+;11-,13+;11-,12+;;/m1111../s1. The van der Waals surface area contributed by atoms with Gasteiger partial charge in [0.2, 0.25) is 11.8 Å². The number of carbonyl (C=O) groups is 9. The molecule has 113 heavy (non-hydrogen) atoms. The van der Waals surface area contributed by atoms with E-state index in [0.29, 0.717) is 73.8 Å². The number of nitrogens with one attached hydrogen (secondary N) is 3. The van der Waals surface area contributed by atoms with Crippen LogP contribution in [0.25, 0.3) is 45.0 Å². The van der Waals surface area contributed by atoms with Crippen LogP contribution in [0.4, 0.5) is 9.59 Å². The van der Waals surface area contributed by atoms with E-state index in [4.69, 9.17) is 52.2 Å². The molecule has 600 valence electrons. The number of aliphatic carboxylic acids is 2. The van der Waals surface area contributed by atoms with E-state index in [0.717, 1.165) is 33.6 Å². The van der Waals surface area contributed by atoms with Crippen LogP contribution in [0.2, 0.25) is 0 Å². The van der Waals surface area contributed by atoms with Crippen molar-refractivity contribution < 1.29 is 96.1 Å². The number of oxazole rings is 4. The molecule has 13 rings (SSSR count). The van der Waals surface area contributed by atoms with Gasteiger partial charge in [-0.05, 0) is 72.8 Å². The Kier molecular flexibility index (Phi) is 30.0. The summed E-state index contributed by atoms with van der Waals surface area (Å²) >= 11 is 0. The highest BCUT2D eigenvalue weighted by Crippen LogP contribution is 2.38. The second-order valence-electron chi connectivity index (χ2n) is 28.7. The first-order chi connectivity index (χ1) is 54.1. The van der Waals surface area contributed by atoms with Crippen molar-refractivity contribution in [2.45, 2.75) is 133 Å². The number of carbonyl (C=O) groups excluding carboxylic acids is 7. The Balaban J connectivity index is 0.000000183. The molecule has 0 spiro atoms. The van der Waals surface area contributed by atoms with Crippen LogP contribution in [0.15, 0.2) is 194 Å². The van der Waals surface area contributed by atoms with Gasteiger partial charge < -0.3 is 83.0 Å². The van der Waals surface area contributed by atoms with Gasteiger partial charge in [-0.2, -0.15) is 0 Å². The first-order valence-electron chi connectivity index (χ1n) is 36.6. The molecule has 0 bridgehead atoms. The van der Waals surface area contributed by atoms with Crippen molar-refractivity contribution in [3.05, 3.63) is 206 Å². The molecule has 0 unspecified atom stereocenters. The van der Waals surface area contributed by atoms with Crippen LogP contribution in [0.3, 0.4) is 0 Å². The topological polar surface area (TPSA) is 416 Å². The molecular formula is C82H97N11O20. The molecule has 31 nitrogen and oxygen atoms in total. The third-order valence-corrected chi connectivity index (χ3v) is 18.2. The molecule has 7 N–H and O–H groups in total. The minimum Gasteiger partial charge on any atom is -0.480 e. The molecule has 31 heteroatoms. The van der Waals surface area contributed by atoms with Gasteiger partial charge in [-0.15, -0.1) is 0 Å². The SMILES string of the molecule is CC(C)(C)OC(=O)NCC(=O)O.COC(=O)[C@@H]1C[C@@H](c2nc(-c3ccccc3)co2)CN1.COC(=O)[C@@H]1C[C@@H](c2nc(-c3ccccc3)co2)CN1C(=O)CNC(=O)OC(C)(C)C.COC(=O)[C@@H]1C[C@@H](c2nc(-c3ccccc3)co2)CN1Cc1ccccc1.NCC(=O)N1C[C@H](c2nc(-c3ccccc3)co2)C[C@H]1C(=O)O.[HH]. The number of aromatic nitrogens is 4. The Morgan fingerprint density at radius 2 is 0.823 bits per heavy atom. The number of ether oxygens (including phenoxy) is 5. The number of amides is 4. The van der Waals surface area contributed by atoms with Gasteiger partial charge in [0.1, 0.15) is 96.3 Å². The molecular weight excluding hydrogens is 1460 g/mol. The van der Waals surface area contributed by atoms with E-state index in [9.17, 15) is 48.3 Å². The van der Waals surface area contributed by atoms with E-state index >= 15 is 0 Å². The van der Waals surface area contributed by atoms with Gasteiger partial charge in [0.05, 0.1) is 51.5 Å². The number of nitrogens with two attached hydrogens (primary N) is 1. The molecule has 4 saturated heterocycles. The van der Waals surface area contributed by atoms with E-state index in [1.54, 1.807) is 66.6 Å². The van der Waals surface area contributed by atoms with Gasteiger partial charge in [-0.1, -0.05) is 152 Å². The Hall–Kier alpha value is -12.4. The molecule has 9 aromatic rings. The van der Waals surface area contributed by atoms with Crippen molar-refractivity contribution >= 4 is 53.8 Å². The van der Waals surface area contributed by atoms with Crippen LogP contribution in [-0.2, 0) is 63.8 Å². The predicted molar refractivity (Wildman–Crippen MR) is 412 cm³/mol. The number of hydrogen-bond donors (Lipinski definition) is 6. The van der Waals surface area contributed by atoms with E-state index in [-0.39, 0.29) is 87.6 Å². The Bertz CT molecular complexity index is 4610. The summed E-state index contributed by atoms with van der Waals surface area (Å²) < 4.78 is 47.1. The maximum absolute atomic E-state index is 12.7. The zero-order chi connectivity index (χ0) is 81.4. The van der Waals surface area contributed by atoms with Crippen molar-refractivity contribution in [1.29, 1.82) is 0 Å². The van der Waals surface area contributed by atoms with Gasteiger partial charge >= 0.3 is 42.0 Å². The molecule has 4 aromatic heterocycles.